The zero-order valence-electron chi connectivity index (χ0n) is 78.3. The number of benzene rings is 21. The molecule has 0 aliphatic rings. The van der Waals surface area contributed by atoms with Crippen LogP contribution in [0.5, 0.6) is 0 Å². The molecule has 12 aromatic heterocycles. The highest BCUT2D eigenvalue weighted by atomic mass is 32.1. The largest absolute Gasteiger partial charge is 0.456 e. The lowest BCUT2D eigenvalue weighted by atomic mass is 9.92. The van der Waals surface area contributed by atoms with Gasteiger partial charge in [0, 0.05) is 144 Å². The van der Waals surface area contributed by atoms with Gasteiger partial charge in [0.2, 0.25) is 0 Å². The average Bonchev–Trinajstić information content (AvgIpc) is 1.46. The molecule has 33 aromatic rings. The smallest absolute Gasteiger partial charge is 0.147 e. The number of rotatable bonds is 9. The summed E-state index contributed by atoms with van der Waals surface area (Å²) in [6, 6.07) is 160. The van der Waals surface area contributed by atoms with Gasteiger partial charge in [0.25, 0.3) is 0 Å². The minimum atomic E-state index is 0.840. The van der Waals surface area contributed by atoms with E-state index in [1.807, 2.05) is 126 Å². The molecule has 0 aliphatic carbocycles. The van der Waals surface area contributed by atoms with Crippen molar-refractivity contribution >= 4 is 249 Å². The predicted octanol–water partition coefficient (Wildman–Crippen LogP) is 39.7. The fraction of sp³-hybridized carbons (Fsp3) is 0. The Morgan fingerprint density at radius 1 is 0.143 bits per heavy atom. The van der Waals surface area contributed by atoms with E-state index in [1.165, 1.54) is 62.6 Å². The molecule has 0 bridgehead atoms. The molecule has 0 fully saturated rings. The fourth-order valence-corrected chi connectivity index (χ4v) is 25.3. The van der Waals surface area contributed by atoms with Gasteiger partial charge < -0.3 is 30.9 Å². The van der Waals surface area contributed by atoms with Crippen molar-refractivity contribution in [1.29, 1.82) is 0 Å². The van der Waals surface area contributed by atoms with E-state index >= 15 is 0 Å². The topological polar surface area (TPSA) is 131 Å². The van der Waals surface area contributed by atoms with Crippen molar-refractivity contribution in [3.05, 3.63) is 455 Å². The van der Waals surface area contributed by atoms with Gasteiger partial charge in [-0.3, -0.25) is 0 Å². The Hall–Kier alpha value is -19.1. The summed E-state index contributed by atoms with van der Waals surface area (Å²) in [6.45, 7) is 0. The van der Waals surface area contributed by atoms with Gasteiger partial charge in [-0.15, -0.1) is 22.7 Å². The Bertz CT molecular complexity index is 10600. The second kappa shape index (κ2) is 32.7. The minimum Gasteiger partial charge on any atom is -0.456 e. The standard InChI is InChI=1S/2C45H25NO3.C45H25NOS2/c1-5-19-37-35(13-1)45-41(36-14-4-8-22-40(36)49-45)42(46-37)28-24-26(29-15-9-17-33-31-11-2-6-20-38(31)47-43(29)33)23-27(25-28)30-16-10-18-34-32-12-3-7-21-39(32)48-44(30)34;1-5-13-37-33(11-1)45-43(34-12-4-8-16-40(34)49-45)44(46-37)30-22-28(26-17-19-41-35(24-26)31-9-2-6-14-38(31)47-41)21-29(23-30)27-18-20-42-36(25-27)32-10-3-7-15-39(32)48-42;1-5-19-37-35(13-1)43-41(36-14-2-6-20-38(36)47-43)42(46-37)28-24-26(29-15-9-17-33-31-11-3-7-21-39(31)48-44(29)33)23-27(25-28)30-16-10-18-34-32-12-4-8-22-40(32)49-45(30)34/h3*1-25H. The molecular weight excluding hydrogens is 1840 g/mol. The highest BCUT2D eigenvalue weighted by Gasteiger charge is 2.28. The molecule has 0 unspecified atom stereocenters. The first-order valence-electron chi connectivity index (χ1n) is 49.3. The van der Waals surface area contributed by atoms with Gasteiger partial charge in [0.15, 0.2) is 0 Å². The van der Waals surface area contributed by atoms with E-state index in [0.717, 1.165) is 265 Å². The first kappa shape index (κ1) is 82.6. The van der Waals surface area contributed by atoms with Gasteiger partial charge >= 0.3 is 0 Å². The average molecular weight is 1920 g/mol. The van der Waals surface area contributed by atoms with Crippen LogP contribution in [0.3, 0.4) is 0 Å². The van der Waals surface area contributed by atoms with E-state index in [2.05, 4.69) is 352 Å². The summed E-state index contributed by atoms with van der Waals surface area (Å²) in [5.41, 5.74) is 33.9. The Labute approximate surface area is 844 Å². The van der Waals surface area contributed by atoms with Crippen LogP contribution < -0.4 is 0 Å². The summed E-state index contributed by atoms with van der Waals surface area (Å²) in [6.07, 6.45) is 0. The molecule has 147 heavy (non-hydrogen) atoms. The first-order chi connectivity index (χ1) is 72.8. The summed E-state index contributed by atoms with van der Waals surface area (Å²) in [5, 5.41) is 23.3. The second-order valence-corrected chi connectivity index (χ2v) is 40.1. The number of fused-ring (bicyclic) bond motifs is 33. The third-order valence-corrected chi connectivity index (χ3v) is 32.0. The maximum Gasteiger partial charge on any atom is 0.147 e. The van der Waals surface area contributed by atoms with E-state index in [1.54, 1.807) is 0 Å². The molecule has 0 spiro atoms. The number of para-hydroxylation sites is 12. The highest BCUT2D eigenvalue weighted by molar-refractivity contribution is 7.26. The van der Waals surface area contributed by atoms with Crippen LogP contribution in [0.4, 0.5) is 0 Å². The summed E-state index contributed by atoms with van der Waals surface area (Å²) in [7, 11) is 0. The summed E-state index contributed by atoms with van der Waals surface area (Å²) in [5.74, 6) is 0. The van der Waals surface area contributed by atoms with Crippen LogP contribution in [0.15, 0.2) is 486 Å². The van der Waals surface area contributed by atoms with Crippen molar-refractivity contribution in [3.8, 4) is 101 Å². The molecule has 12 heteroatoms. The number of pyridine rings is 3. The van der Waals surface area contributed by atoms with Crippen molar-refractivity contribution < 1.29 is 30.9 Å². The van der Waals surface area contributed by atoms with E-state index in [-0.39, 0.29) is 0 Å². The zero-order valence-corrected chi connectivity index (χ0v) is 80.0. The molecule has 0 aliphatic heterocycles. The van der Waals surface area contributed by atoms with Gasteiger partial charge in [-0.25, -0.2) is 15.0 Å². The quantitative estimate of drug-likeness (QED) is 0.138. The van der Waals surface area contributed by atoms with Crippen LogP contribution in [-0.4, -0.2) is 15.0 Å². The maximum atomic E-state index is 6.60. The minimum absolute atomic E-state index is 0.840. The lowest BCUT2D eigenvalue weighted by Crippen LogP contribution is -1.91. The molecule has 0 N–H and O–H groups in total. The van der Waals surface area contributed by atoms with Crippen LogP contribution in [-0.2, 0) is 0 Å². The van der Waals surface area contributed by atoms with Crippen LogP contribution in [0.25, 0.3) is 327 Å². The number of hydrogen-bond donors (Lipinski definition) is 0. The molecule has 0 atom stereocenters. The Morgan fingerprint density at radius 2 is 0.388 bits per heavy atom. The Morgan fingerprint density at radius 3 is 0.755 bits per heavy atom. The Balaban J connectivity index is 0.0000000999. The van der Waals surface area contributed by atoms with Crippen LogP contribution in [0.2, 0.25) is 0 Å². The van der Waals surface area contributed by atoms with Crippen molar-refractivity contribution in [2.24, 2.45) is 0 Å². The van der Waals surface area contributed by atoms with Crippen LogP contribution >= 0.6 is 22.7 Å². The monoisotopic (exact) mass is 1910 g/mol. The molecular formula is C135H75N3O7S2. The number of nitrogens with zero attached hydrogens (tertiary/aromatic N) is 3. The van der Waals surface area contributed by atoms with Crippen LogP contribution in [0.1, 0.15) is 0 Å². The molecule has 10 nitrogen and oxygen atoms in total. The second-order valence-electron chi connectivity index (χ2n) is 38.0. The summed E-state index contributed by atoms with van der Waals surface area (Å²) >= 11 is 3.74. The fourth-order valence-electron chi connectivity index (χ4n) is 22.8. The highest BCUT2D eigenvalue weighted by Crippen LogP contribution is 2.52. The van der Waals surface area contributed by atoms with Gasteiger partial charge in [0.1, 0.15) is 78.2 Å². The molecule has 684 valence electrons. The molecule has 0 radical (unpaired) electrons. The van der Waals surface area contributed by atoms with Gasteiger partial charge in [0.05, 0.1) is 49.8 Å². The molecule has 0 saturated heterocycles. The molecule has 33 rings (SSSR count). The number of hydrogen-bond acceptors (Lipinski definition) is 12. The summed E-state index contributed by atoms with van der Waals surface area (Å²) < 4.78 is 50.5. The number of thiophene rings is 2. The normalized spacial score (nSPS) is 12.1. The van der Waals surface area contributed by atoms with Crippen molar-refractivity contribution in [1.82, 2.24) is 15.0 Å². The van der Waals surface area contributed by atoms with Gasteiger partial charge in [-0.1, -0.05) is 285 Å². The Kier molecular flexibility index (Phi) is 18.4. The first-order valence-corrected chi connectivity index (χ1v) is 51.0. The SMILES string of the molecule is c1ccc2c(c1)nc(-c1cc(-c3ccc4oc5ccccc5c4c3)cc(-c3ccc4oc5ccccc5c4c3)c1)c1c3ccccc3oc21.c1ccc2c(c1)nc(-c1cc(-c3cccc4c3oc3ccccc34)cc(-c3cccc4c3oc3ccccc34)c1)c1c3ccccc3oc21.c1ccc2c(c1)nc(-c1cc(-c3cccc4c3sc3ccccc34)cc(-c3cccc4c3sc3ccccc34)c1)c1c3ccccc3oc21. The molecule has 0 amide bonds. The van der Waals surface area contributed by atoms with E-state index in [0.29, 0.717) is 0 Å². The predicted molar refractivity (Wildman–Crippen MR) is 611 cm³/mol. The van der Waals surface area contributed by atoms with Crippen LogP contribution in [0, 0.1) is 0 Å². The summed E-state index contributed by atoms with van der Waals surface area (Å²) in [4.78, 5) is 16.1. The molecule has 0 saturated carbocycles. The van der Waals surface area contributed by atoms with Gasteiger partial charge in [-0.05, 0) is 225 Å². The lowest BCUT2D eigenvalue weighted by Gasteiger charge is -2.14. The van der Waals surface area contributed by atoms with Gasteiger partial charge in [-0.2, -0.15) is 0 Å². The van der Waals surface area contributed by atoms with E-state index in [9.17, 15) is 0 Å². The number of aromatic nitrogens is 3. The number of furan rings is 7. The van der Waals surface area contributed by atoms with E-state index in [4.69, 9.17) is 45.9 Å². The maximum absolute atomic E-state index is 6.60. The van der Waals surface area contributed by atoms with Crippen molar-refractivity contribution in [3.63, 3.8) is 0 Å². The van der Waals surface area contributed by atoms with Crippen molar-refractivity contribution in [2.75, 3.05) is 0 Å². The zero-order chi connectivity index (χ0) is 96.2. The molecule has 12 heterocycles. The third kappa shape index (κ3) is 13.2. The lowest BCUT2D eigenvalue weighted by molar-refractivity contribution is 0.668. The molecule has 21 aromatic carbocycles. The van der Waals surface area contributed by atoms with Crippen molar-refractivity contribution in [2.45, 2.75) is 0 Å². The van der Waals surface area contributed by atoms with E-state index < -0.39 is 0 Å². The third-order valence-electron chi connectivity index (χ3n) is 29.5.